The number of hydrogen-bond acceptors (Lipinski definition) is 5. The first kappa shape index (κ1) is 23.2. The minimum Gasteiger partial charge on any atom is -0.480 e. The third-order valence-electron chi connectivity index (χ3n) is 3.51. The molecule has 2 N–H and O–H groups in total. The van der Waals surface area contributed by atoms with Crippen LogP contribution in [0.15, 0.2) is 33.7 Å². The van der Waals surface area contributed by atoms with Crippen LogP contribution < -0.4 is 5.32 Å². The molecule has 0 saturated heterocycles. The predicted molar refractivity (Wildman–Crippen MR) is 101 cm³/mol. The van der Waals surface area contributed by atoms with Crippen molar-refractivity contribution in [3.63, 3.8) is 0 Å². The van der Waals surface area contributed by atoms with Gasteiger partial charge in [-0.3, -0.25) is 4.79 Å². The summed E-state index contributed by atoms with van der Waals surface area (Å²) in [6.45, 7) is 4.89. The Hall–Kier alpha value is -2.81. The molecule has 2 rings (SSSR count). The molecule has 0 atom stereocenters. The van der Waals surface area contributed by atoms with Crippen molar-refractivity contribution in [3.05, 3.63) is 30.0 Å². The Bertz CT molecular complexity index is 818. The van der Waals surface area contributed by atoms with Gasteiger partial charge in [-0.2, -0.15) is 8.78 Å². The molecule has 1 heterocycles. The normalized spacial score (nSPS) is 11.7. The van der Waals surface area contributed by atoms with E-state index in [2.05, 4.69) is 4.99 Å². The van der Waals surface area contributed by atoms with Gasteiger partial charge < -0.3 is 19.6 Å². The van der Waals surface area contributed by atoms with Crippen LogP contribution in [0.2, 0.25) is 0 Å². The van der Waals surface area contributed by atoms with Crippen LogP contribution in [-0.4, -0.2) is 42.5 Å². The molecule has 0 aliphatic carbocycles. The molecule has 2 aromatic rings. The summed E-state index contributed by atoms with van der Waals surface area (Å²) in [6.07, 6.45) is -0.642. The average Bonchev–Trinajstić information content (AvgIpc) is 2.98. The summed E-state index contributed by atoms with van der Waals surface area (Å²) < 4.78 is 39.1. The van der Waals surface area contributed by atoms with Crippen LogP contribution in [0.4, 0.5) is 14.5 Å². The second-order valence-corrected chi connectivity index (χ2v) is 5.48. The lowest BCUT2D eigenvalue weighted by atomic mass is 10.1. The zero-order chi connectivity index (χ0) is 21.2. The molecule has 1 amide bonds. The van der Waals surface area contributed by atoms with Crippen molar-refractivity contribution >= 4 is 34.9 Å². The number of carbonyl (C=O) groups excluding carboxylic acids is 1. The van der Waals surface area contributed by atoms with Crippen LogP contribution in [0.1, 0.15) is 32.4 Å². The summed E-state index contributed by atoms with van der Waals surface area (Å²) in [6, 6.07) is 6.84. The van der Waals surface area contributed by atoms with E-state index in [1.807, 2.05) is 19.2 Å². The van der Waals surface area contributed by atoms with E-state index in [9.17, 15) is 18.4 Å². The Morgan fingerprint density at radius 1 is 1.36 bits per heavy atom. The number of carboxylic acids is 1. The number of ether oxygens (including phenoxy) is 1. The zero-order valence-corrected chi connectivity index (χ0v) is 16.0. The summed E-state index contributed by atoms with van der Waals surface area (Å²) >= 11 is 0. The van der Waals surface area contributed by atoms with Crippen molar-refractivity contribution in [2.45, 2.75) is 39.5 Å². The molecule has 0 radical (unpaired) electrons. The largest absolute Gasteiger partial charge is 0.480 e. The highest BCUT2D eigenvalue weighted by atomic mass is 19.3. The number of fused-ring (bicyclic) bond motifs is 1. The predicted octanol–water partition coefficient (Wildman–Crippen LogP) is 4.06. The molecule has 0 fully saturated rings. The SMILES string of the molecule is CC.Cc1oc2ccccc2c1N=C(NC=O)C(F)(F)CCCOCC(=O)O. The highest BCUT2D eigenvalue weighted by molar-refractivity contribution is 6.01. The van der Waals surface area contributed by atoms with E-state index >= 15 is 0 Å². The van der Waals surface area contributed by atoms with Crippen molar-refractivity contribution in [1.29, 1.82) is 0 Å². The number of hydrogen-bond donors (Lipinski definition) is 2. The highest BCUT2D eigenvalue weighted by Crippen LogP contribution is 2.34. The van der Waals surface area contributed by atoms with E-state index in [1.165, 1.54) is 0 Å². The molecule has 9 heteroatoms. The zero-order valence-electron chi connectivity index (χ0n) is 16.0. The molecule has 0 aliphatic heterocycles. The number of halogens is 2. The Morgan fingerprint density at radius 3 is 2.68 bits per heavy atom. The average molecular weight is 398 g/mol. The molecular weight excluding hydrogens is 374 g/mol. The lowest BCUT2D eigenvalue weighted by Crippen LogP contribution is -2.39. The fourth-order valence-electron chi connectivity index (χ4n) is 2.35. The maximum Gasteiger partial charge on any atom is 0.329 e. The number of nitrogens with zero attached hydrogens (tertiary/aromatic N) is 1. The van der Waals surface area contributed by atoms with E-state index in [0.29, 0.717) is 16.7 Å². The highest BCUT2D eigenvalue weighted by Gasteiger charge is 2.36. The van der Waals surface area contributed by atoms with Crippen LogP contribution in [0, 0.1) is 6.92 Å². The molecule has 0 spiro atoms. The number of nitrogens with one attached hydrogen (secondary N) is 1. The second-order valence-electron chi connectivity index (χ2n) is 5.48. The van der Waals surface area contributed by atoms with Gasteiger partial charge >= 0.3 is 11.9 Å². The molecular formula is C19H24F2N2O5. The van der Waals surface area contributed by atoms with E-state index in [4.69, 9.17) is 14.3 Å². The van der Waals surface area contributed by atoms with Gasteiger partial charge in [0, 0.05) is 18.4 Å². The Balaban J connectivity index is 0.00000190. The quantitative estimate of drug-likeness (QED) is 0.287. The van der Waals surface area contributed by atoms with Crippen LogP contribution in [0.25, 0.3) is 11.0 Å². The van der Waals surface area contributed by atoms with Crippen LogP contribution >= 0.6 is 0 Å². The molecule has 154 valence electrons. The standard InChI is InChI=1S/C17H18F2N2O5.C2H6/c1-11-15(12-5-2-3-6-13(12)26-11)21-16(20-10-22)17(18,19)7-4-8-25-9-14(23)24;1-2/h2-3,5-6,10H,4,7-9H2,1H3,(H,23,24)(H,20,21,22);1-2H3. The van der Waals surface area contributed by atoms with Crippen LogP contribution in [-0.2, 0) is 14.3 Å². The second kappa shape index (κ2) is 11.1. The van der Waals surface area contributed by atoms with Gasteiger partial charge in [0.2, 0.25) is 6.41 Å². The molecule has 1 aromatic carbocycles. The Kier molecular flexibility index (Phi) is 9.23. The Morgan fingerprint density at radius 2 is 2.04 bits per heavy atom. The lowest BCUT2D eigenvalue weighted by molar-refractivity contribution is -0.142. The topological polar surface area (TPSA) is 101 Å². The van der Waals surface area contributed by atoms with Crippen molar-refractivity contribution in [2.24, 2.45) is 4.99 Å². The fourth-order valence-corrected chi connectivity index (χ4v) is 2.35. The van der Waals surface area contributed by atoms with Crippen molar-refractivity contribution < 1.29 is 32.6 Å². The van der Waals surface area contributed by atoms with Crippen molar-refractivity contribution in [1.82, 2.24) is 5.32 Å². The van der Waals surface area contributed by atoms with E-state index in [1.54, 1.807) is 31.2 Å². The molecule has 0 saturated carbocycles. The minimum atomic E-state index is -3.43. The van der Waals surface area contributed by atoms with E-state index in [-0.39, 0.29) is 25.1 Å². The number of benzene rings is 1. The fraction of sp³-hybridized carbons (Fsp3) is 0.421. The summed E-state index contributed by atoms with van der Waals surface area (Å²) in [7, 11) is 0. The number of para-hydroxylation sites is 1. The summed E-state index contributed by atoms with van der Waals surface area (Å²) in [5.41, 5.74) is 0.714. The first-order valence-corrected chi connectivity index (χ1v) is 8.80. The number of carbonyl (C=O) groups is 2. The molecule has 0 unspecified atom stereocenters. The van der Waals surface area contributed by atoms with Gasteiger partial charge in [-0.25, -0.2) is 9.79 Å². The molecule has 7 nitrogen and oxygen atoms in total. The summed E-state index contributed by atoms with van der Waals surface area (Å²) in [5.74, 6) is -5.07. The lowest BCUT2D eigenvalue weighted by Gasteiger charge is -2.18. The maximum atomic E-state index is 14.4. The molecule has 0 bridgehead atoms. The van der Waals surface area contributed by atoms with Gasteiger partial charge in [-0.1, -0.05) is 26.0 Å². The van der Waals surface area contributed by atoms with Crippen molar-refractivity contribution in [3.8, 4) is 0 Å². The maximum absolute atomic E-state index is 14.4. The minimum absolute atomic E-state index is 0.106. The number of rotatable bonds is 9. The van der Waals surface area contributed by atoms with E-state index in [0.717, 1.165) is 0 Å². The number of aliphatic carboxylic acids is 1. The first-order valence-electron chi connectivity index (χ1n) is 8.80. The van der Waals surface area contributed by atoms with Gasteiger partial charge in [0.05, 0.1) is 0 Å². The number of alkyl halides is 2. The molecule has 0 aliphatic rings. The third kappa shape index (κ3) is 6.41. The van der Waals surface area contributed by atoms with Crippen LogP contribution in [0.3, 0.4) is 0 Å². The van der Waals surface area contributed by atoms with Gasteiger partial charge in [0.25, 0.3) is 0 Å². The molecule has 28 heavy (non-hydrogen) atoms. The smallest absolute Gasteiger partial charge is 0.329 e. The monoisotopic (exact) mass is 398 g/mol. The number of amidine groups is 1. The van der Waals surface area contributed by atoms with Gasteiger partial charge in [-0.05, 0) is 25.5 Å². The summed E-state index contributed by atoms with van der Waals surface area (Å²) in [4.78, 5) is 25.0. The van der Waals surface area contributed by atoms with Crippen molar-refractivity contribution in [2.75, 3.05) is 13.2 Å². The van der Waals surface area contributed by atoms with E-state index < -0.39 is 30.8 Å². The summed E-state index contributed by atoms with van der Waals surface area (Å²) in [5, 5.41) is 10.9. The van der Waals surface area contributed by atoms with Gasteiger partial charge in [0.1, 0.15) is 23.6 Å². The van der Waals surface area contributed by atoms with Gasteiger partial charge in [-0.15, -0.1) is 0 Å². The number of aliphatic imine (C=N–C) groups is 1. The first-order chi connectivity index (χ1) is 13.3. The number of amides is 1. The van der Waals surface area contributed by atoms with Gasteiger partial charge in [0.15, 0.2) is 5.84 Å². The third-order valence-corrected chi connectivity index (χ3v) is 3.51. The number of furan rings is 1. The number of carboxylic acid groups (broad SMARTS) is 1. The Labute approximate surface area is 161 Å². The number of aryl methyl sites for hydroxylation is 1. The molecule has 1 aromatic heterocycles. The van der Waals surface area contributed by atoms with Crippen LogP contribution in [0.5, 0.6) is 0 Å².